The van der Waals surface area contributed by atoms with Gasteiger partial charge in [0.05, 0.1) is 15.6 Å². The molecule has 0 saturated heterocycles. The van der Waals surface area contributed by atoms with Crippen molar-refractivity contribution in [2.45, 2.75) is 36.9 Å². The normalized spacial score (nSPS) is 15.4. The third-order valence-corrected chi connectivity index (χ3v) is 6.40. The van der Waals surface area contributed by atoms with Gasteiger partial charge in [0.15, 0.2) is 0 Å². The molecule has 1 saturated carbocycles. The van der Waals surface area contributed by atoms with Gasteiger partial charge in [0.2, 0.25) is 9.84 Å². The molecular formula is C17H16Cl3N5O2S. The first-order chi connectivity index (χ1) is 13.3. The van der Waals surface area contributed by atoms with Crippen LogP contribution in [0, 0.1) is 0 Å². The van der Waals surface area contributed by atoms with Crippen LogP contribution in [0.15, 0.2) is 23.4 Å². The second-order valence-corrected chi connectivity index (χ2v) is 9.81. The quantitative estimate of drug-likeness (QED) is 0.576. The topological polar surface area (TPSA) is 89.2 Å². The first kappa shape index (κ1) is 19.7. The van der Waals surface area contributed by atoms with Crippen molar-refractivity contribution in [1.29, 1.82) is 0 Å². The lowest BCUT2D eigenvalue weighted by Crippen LogP contribution is -2.19. The molecule has 1 aliphatic carbocycles. The molecular weight excluding hydrogens is 445 g/mol. The predicted molar refractivity (Wildman–Crippen MR) is 110 cm³/mol. The van der Waals surface area contributed by atoms with Crippen LogP contribution in [0.1, 0.15) is 25.7 Å². The number of aromatic nitrogens is 4. The highest BCUT2D eigenvalue weighted by Crippen LogP contribution is 2.43. The molecule has 1 fully saturated rings. The maximum Gasteiger partial charge on any atom is 0.268 e. The Morgan fingerprint density at radius 2 is 1.71 bits per heavy atom. The Balaban J connectivity index is 2.03. The van der Waals surface area contributed by atoms with Crippen molar-refractivity contribution in [2.75, 3.05) is 11.6 Å². The van der Waals surface area contributed by atoms with E-state index in [0.717, 1.165) is 31.9 Å². The number of fused-ring (bicyclic) bond motifs is 1. The minimum Gasteiger partial charge on any atom is -0.367 e. The minimum absolute atomic E-state index is 0.0813. The number of rotatable bonds is 4. The third kappa shape index (κ3) is 3.54. The lowest BCUT2D eigenvalue weighted by atomic mass is 10.1. The van der Waals surface area contributed by atoms with Gasteiger partial charge in [-0.15, -0.1) is 5.10 Å². The number of nitrogens with one attached hydrogen (secondary N) is 1. The summed E-state index contributed by atoms with van der Waals surface area (Å²) in [6.07, 6.45) is 5.20. The minimum atomic E-state index is -3.62. The number of hydrogen-bond donors (Lipinski definition) is 1. The van der Waals surface area contributed by atoms with Crippen LogP contribution in [0.5, 0.6) is 0 Å². The SMILES string of the molecule is CS(=O)(=O)c1nc2nc(Cl)c(-c3c(Cl)cccc3Cl)c(NC3CCCC3)n2n1. The summed E-state index contributed by atoms with van der Waals surface area (Å²) in [6.45, 7) is 0. The number of hydrogen-bond acceptors (Lipinski definition) is 6. The molecule has 0 aliphatic heterocycles. The average molecular weight is 461 g/mol. The number of halogens is 3. The molecule has 1 N–H and O–H groups in total. The summed E-state index contributed by atoms with van der Waals surface area (Å²) in [4.78, 5) is 8.26. The van der Waals surface area contributed by atoms with Crippen LogP contribution >= 0.6 is 34.8 Å². The summed E-state index contributed by atoms with van der Waals surface area (Å²) in [5.41, 5.74) is 0.962. The van der Waals surface area contributed by atoms with Crippen LogP contribution < -0.4 is 5.32 Å². The number of nitrogens with zero attached hydrogens (tertiary/aromatic N) is 4. The van der Waals surface area contributed by atoms with Gasteiger partial charge < -0.3 is 5.32 Å². The van der Waals surface area contributed by atoms with Gasteiger partial charge in [-0.05, 0) is 25.0 Å². The molecule has 148 valence electrons. The first-order valence-corrected chi connectivity index (χ1v) is 11.7. The van der Waals surface area contributed by atoms with E-state index in [4.69, 9.17) is 34.8 Å². The van der Waals surface area contributed by atoms with Crippen LogP contribution in [0.3, 0.4) is 0 Å². The van der Waals surface area contributed by atoms with Crippen LogP contribution in [0.2, 0.25) is 15.2 Å². The van der Waals surface area contributed by atoms with Crippen molar-refractivity contribution in [3.05, 3.63) is 33.4 Å². The molecule has 2 aromatic heterocycles. The molecule has 0 radical (unpaired) electrons. The van der Waals surface area contributed by atoms with Gasteiger partial charge in [0.1, 0.15) is 11.0 Å². The largest absolute Gasteiger partial charge is 0.367 e. The van der Waals surface area contributed by atoms with Crippen molar-refractivity contribution in [1.82, 2.24) is 19.6 Å². The average Bonchev–Trinajstić information content (AvgIpc) is 3.25. The Labute approximate surface area is 177 Å². The van der Waals surface area contributed by atoms with Gasteiger partial charge in [-0.3, -0.25) is 0 Å². The standard InChI is InChI=1S/C17H16Cl3N5O2S/c1-28(26,27)17-23-16-22-14(20)13(12-10(18)7-4-8-11(12)19)15(25(16)24-17)21-9-5-2-3-6-9/h4,7-9,21H,2-3,5-6H2,1H3. The van der Waals surface area contributed by atoms with Crippen molar-refractivity contribution in [2.24, 2.45) is 0 Å². The van der Waals surface area contributed by atoms with Gasteiger partial charge in [-0.2, -0.15) is 14.5 Å². The molecule has 0 amide bonds. The Hall–Kier alpha value is -1.61. The number of benzene rings is 1. The van der Waals surface area contributed by atoms with E-state index in [-0.39, 0.29) is 22.1 Å². The lowest BCUT2D eigenvalue weighted by Gasteiger charge is -2.19. The van der Waals surface area contributed by atoms with Gasteiger partial charge in [0, 0.05) is 17.9 Å². The monoisotopic (exact) mass is 459 g/mol. The fourth-order valence-electron chi connectivity index (χ4n) is 3.37. The zero-order chi connectivity index (χ0) is 20.1. The second kappa shape index (κ2) is 7.33. The zero-order valence-electron chi connectivity index (χ0n) is 14.8. The Morgan fingerprint density at radius 1 is 1.07 bits per heavy atom. The van der Waals surface area contributed by atoms with E-state index < -0.39 is 9.84 Å². The van der Waals surface area contributed by atoms with Crippen LogP contribution in [-0.2, 0) is 9.84 Å². The summed E-state index contributed by atoms with van der Waals surface area (Å²) < 4.78 is 25.2. The van der Waals surface area contributed by atoms with Crippen LogP contribution in [0.25, 0.3) is 16.9 Å². The first-order valence-electron chi connectivity index (χ1n) is 8.63. The summed E-state index contributed by atoms with van der Waals surface area (Å²) in [7, 11) is -3.62. The van der Waals surface area contributed by atoms with Crippen molar-refractivity contribution < 1.29 is 8.42 Å². The lowest BCUT2D eigenvalue weighted by molar-refractivity contribution is 0.593. The Kier molecular flexibility index (Phi) is 5.16. The fourth-order valence-corrected chi connectivity index (χ4v) is 4.69. The van der Waals surface area contributed by atoms with E-state index in [2.05, 4.69) is 20.4 Å². The van der Waals surface area contributed by atoms with Crippen molar-refractivity contribution in [3.8, 4) is 11.1 Å². The highest BCUT2D eigenvalue weighted by Gasteiger charge is 2.27. The molecule has 2 heterocycles. The van der Waals surface area contributed by atoms with E-state index >= 15 is 0 Å². The molecule has 4 rings (SSSR count). The zero-order valence-corrected chi connectivity index (χ0v) is 17.9. The summed E-state index contributed by atoms with van der Waals surface area (Å²) >= 11 is 19.3. The molecule has 0 unspecified atom stereocenters. The van der Waals surface area contributed by atoms with E-state index in [1.54, 1.807) is 18.2 Å². The maximum absolute atomic E-state index is 11.9. The molecule has 1 aliphatic rings. The van der Waals surface area contributed by atoms with Crippen molar-refractivity contribution in [3.63, 3.8) is 0 Å². The van der Waals surface area contributed by atoms with Gasteiger partial charge >= 0.3 is 0 Å². The number of anilines is 1. The van der Waals surface area contributed by atoms with Gasteiger partial charge in [0.25, 0.3) is 10.9 Å². The summed E-state index contributed by atoms with van der Waals surface area (Å²) in [5.74, 6) is 0.553. The highest BCUT2D eigenvalue weighted by atomic mass is 35.5. The van der Waals surface area contributed by atoms with E-state index in [9.17, 15) is 8.42 Å². The number of sulfone groups is 1. The van der Waals surface area contributed by atoms with Crippen molar-refractivity contribution >= 4 is 56.2 Å². The van der Waals surface area contributed by atoms with Crippen LogP contribution in [0.4, 0.5) is 5.82 Å². The molecule has 0 atom stereocenters. The highest BCUT2D eigenvalue weighted by molar-refractivity contribution is 7.90. The molecule has 0 bridgehead atoms. The molecule has 7 nitrogen and oxygen atoms in total. The molecule has 0 spiro atoms. The Bertz CT molecular complexity index is 1150. The van der Waals surface area contributed by atoms with E-state index in [1.807, 2.05) is 0 Å². The fraction of sp³-hybridized carbons (Fsp3) is 0.353. The molecule has 1 aromatic carbocycles. The smallest absolute Gasteiger partial charge is 0.268 e. The van der Waals surface area contributed by atoms with Gasteiger partial charge in [-0.25, -0.2) is 8.42 Å². The maximum atomic E-state index is 11.9. The van der Waals surface area contributed by atoms with Crippen LogP contribution in [-0.4, -0.2) is 40.3 Å². The Morgan fingerprint density at radius 3 is 2.32 bits per heavy atom. The summed E-state index contributed by atoms with van der Waals surface area (Å²) in [5, 5.41) is 8.17. The molecule has 11 heteroatoms. The third-order valence-electron chi connectivity index (χ3n) is 4.66. The predicted octanol–water partition coefficient (Wildman–Crippen LogP) is 4.51. The molecule has 3 aromatic rings. The second-order valence-electron chi connectivity index (χ2n) is 6.73. The molecule has 28 heavy (non-hydrogen) atoms. The van der Waals surface area contributed by atoms with E-state index in [1.165, 1.54) is 4.52 Å². The summed E-state index contributed by atoms with van der Waals surface area (Å²) in [6, 6.07) is 5.32. The van der Waals surface area contributed by atoms with E-state index in [0.29, 0.717) is 27.0 Å². The van der Waals surface area contributed by atoms with Gasteiger partial charge in [-0.1, -0.05) is 53.7 Å².